The number of halogens is 2. The minimum absolute atomic E-state index is 0.221. The number of benzene rings is 1. The van der Waals surface area contributed by atoms with E-state index in [9.17, 15) is 4.39 Å². The molecule has 2 rings (SSSR count). The topological polar surface area (TPSA) is 12.0 Å². The molecule has 1 saturated carbocycles. The molecule has 0 radical (unpaired) electrons. The maximum absolute atomic E-state index is 13.1. The Morgan fingerprint density at radius 2 is 2.00 bits per heavy atom. The van der Waals surface area contributed by atoms with Gasteiger partial charge in [-0.15, -0.1) is 0 Å². The van der Waals surface area contributed by atoms with Gasteiger partial charge in [0.1, 0.15) is 5.82 Å². The fourth-order valence-electron chi connectivity index (χ4n) is 2.36. The number of hydrogen-bond donors (Lipinski definition) is 1. The van der Waals surface area contributed by atoms with Crippen molar-refractivity contribution in [2.45, 2.75) is 44.7 Å². The van der Waals surface area contributed by atoms with E-state index in [0.29, 0.717) is 11.6 Å². The van der Waals surface area contributed by atoms with Gasteiger partial charge in [-0.3, -0.25) is 0 Å². The van der Waals surface area contributed by atoms with Crippen LogP contribution in [0.5, 0.6) is 0 Å². The molecule has 0 spiro atoms. The fourth-order valence-corrected chi connectivity index (χ4v) is 2.60. The molecule has 0 unspecified atom stereocenters. The summed E-state index contributed by atoms with van der Waals surface area (Å²) in [6, 6.07) is 4.69. The van der Waals surface area contributed by atoms with E-state index in [4.69, 9.17) is 11.6 Å². The van der Waals surface area contributed by atoms with Crippen molar-refractivity contribution >= 4 is 11.6 Å². The molecule has 1 aromatic carbocycles. The summed E-state index contributed by atoms with van der Waals surface area (Å²) in [5.41, 5.74) is 1.14. The molecule has 16 heavy (non-hydrogen) atoms. The molecule has 1 aliphatic rings. The van der Waals surface area contributed by atoms with Crippen LogP contribution < -0.4 is 5.32 Å². The van der Waals surface area contributed by atoms with Gasteiger partial charge in [0.25, 0.3) is 0 Å². The van der Waals surface area contributed by atoms with Crippen LogP contribution in [-0.2, 0) is 6.54 Å². The third-order valence-corrected chi connectivity index (χ3v) is 3.57. The number of nitrogens with one attached hydrogen (secondary N) is 1. The summed E-state index contributed by atoms with van der Waals surface area (Å²) in [4.78, 5) is 0. The van der Waals surface area contributed by atoms with Gasteiger partial charge in [-0.25, -0.2) is 4.39 Å². The van der Waals surface area contributed by atoms with E-state index >= 15 is 0 Å². The van der Waals surface area contributed by atoms with Crippen molar-refractivity contribution in [3.05, 3.63) is 34.6 Å². The van der Waals surface area contributed by atoms with Crippen LogP contribution >= 0.6 is 11.6 Å². The smallest absolute Gasteiger partial charge is 0.125 e. The SMILES string of the molecule is CC1(NCc2cc(F)cc(Cl)c2)CCCC1. The van der Waals surface area contributed by atoms with E-state index in [-0.39, 0.29) is 11.4 Å². The fraction of sp³-hybridized carbons (Fsp3) is 0.538. The van der Waals surface area contributed by atoms with Crippen molar-refractivity contribution in [2.75, 3.05) is 0 Å². The Morgan fingerprint density at radius 1 is 1.31 bits per heavy atom. The molecule has 1 fully saturated rings. The van der Waals surface area contributed by atoms with Crippen LogP contribution in [0.15, 0.2) is 18.2 Å². The molecule has 0 heterocycles. The summed E-state index contributed by atoms with van der Waals surface area (Å²) in [7, 11) is 0. The van der Waals surface area contributed by atoms with E-state index in [0.717, 1.165) is 5.56 Å². The van der Waals surface area contributed by atoms with Gasteiger partial charge in [0.05, 0.1) is 0 Å². The summed E-state index contributed by atoms with van der Waals surface area (Å²) in [6.07, 6.45) is 4.98. The highest BCUT2D eigenvalue weighted by Gasteiger charge is 2.27. The van der Waals surface area contributed by atoms with Crippen molar-refractivity contribution < 1.29 is 4.39 Å². The molecule has 1 nitrogen and oxygen atoms in total. The van der Waals surface area contributed by atoms with Crippen LogP contribution in [0.25, 0.3) is 0 Å². The zero-order valence-corrected chi connectivity index (χ0v) is 10.3. The predicted molar refractivity (Wildman–Crippen MR) is 65.1 cm³/mol. The number of hydrogen-bond acceptors (Lipinski definition) is 1. The van der Waals surface area contributed by atoms with Gasteiger partial charge < -0.3 is 5.32 Å². The molecule has 0 aliphatic heterocycles. The predicted octanol–water partition coefficient (Wildman–Crippen LogP) is 3.90. The Balaban J connectivity index is 1.98. The summed E-state index contributed by atoms with van der Waals surface area (Å²) < 4.78 is 13.1. The van der Waals surface area contributed by atoms with Gasteiger partial charge in [-0.2, -0.15) is 0 Å². The Hall–Kier alpha value is -0.600. The molecular formula is C13H17ClFN. The van der Waals surface area contributed by atoms with Crippen LogP contribution in [-0.4, -0.2) is 5.54 Å². The lowest BCUT2D eigenvalue weighted by atomic mass is 10.0. The second-order valence-corrected chi connectivity index (χ2v) is 5.34. The molecule has 0 atom stereocenters. The Kier molecular flexibility index (Phi) is 3.50. The third kappa shape index (κ3) is 2.96. The molecule has 1 N–H and O–H groups in total. The lowest BCUT2D eigenvalue weighted by molar-refractivity contribution is 0.362. The third-order valence-electron chi connectivity index (χ3n) is 3.35. The highest BCUT2D eigenvalue weighted by Crippen LogP contribution is 2.29. The molecule has 0 saturated heterocycles. The second kappa shape index (κ2) is 4.72. The van der Waals surface area contributed by atoms with E-state index < -0.39 is 0 Å². The minimum Gasteiger partial charge on any atom is -0.307 e. The quantitative estimate of drug-likeness (QED) is 0.846. The van der Waals surface area contributed by atoms with Gasteiger partial charge in [0.15, 0.2) is 0 Å². The first-order valence-electron chi connectivity index (χ1n) is 5.77. The molecule has 1 aromatic rings. The van der Waals surface area contributed by atoms with Crippen LogP contribution in [0.1, 0.15) is 38.2 Å². The van der Waals surface area contributed by atoms with Crippen molar-refractivity contribution in [3.8, 4) is 0 Å². The lowest BCUT2D eigenvalue weighted by Gasteiger charge is -2.25. The first-order chi connectivity index (χ1) is 7.57. The van der Waals surface area contributed by atoms with E-state index in [1.165, 1.54) is 37.8 Å². The average Bonchev–Trinajstić information content (AvgIpc) is 2.62. The van der Waals surface area contributed by atoms with Crippen LogP contribution in [0.3, 0.4) is 0 Å². The molecule has 0 aromatic heterocycles. The lowest BCUT2D eigenvalue weighted by Crippen LogP contribution is -2.38. The summed E-state index contributed by atoms with van der Waals surface area (Å²) in [6.45, 7) is 2.93. The molecule has 0 amide bonds. The van der Waals surface area contributed by atoms with Gasteiger partial charge >= 0.3 is 0 Å². The van der Waals surface area contributed by atoms with Crippen molar-refractivity contribution in [3.63, 3.8) is 0 Å². The molecular weight excluding hydrogens is 225 g/mol. The Morgan fingerprint density at radius 3 is 2.62 bits per heavy atom. The first-order valence-corrected chi connectivity index (χ1v) is 6.15. The van der Waals surface area contributed by atoms with Crippen LogP contribution in [0, 0.1) is 5.82 Å². The summed E-state index contributed by atoms with van der Waals surface area (Å²) in [5.74, 6) is -0.263. The second-order valence-electron chi connectivity index (χ2n) is 4.90. The molecule has 0 bridgehead atoms. The van der Waals surface area contributed by atoms with Crippen molar-refractivity contribution in [1.29, 1.82) is 0 Å². The maximum atomic E-state index is 13.1. The molecule has 88 valence electrons. The Bertz CT molecular complexity index is 352. The zero-order valence-electron chi connectivity index (χ0n) is 9.52. The van der Waals surface area contributed by atoms with Crippen LogP contribution in [0.4, 0.5) is 4.39 Å². The minimum atomic E-state index is -0.263. The number of rotatable bonds is 3. The maximum Gasteiger partial charge on any atom is 0.125 e. The molecule has 3 heteroatoms. The van der Waals surface area contributed by atoms with Gasteiger partial charge in [-0.05, 0) is 43.5 Å². The average molecular weight is 242 g/mol. The van der Waals surface area contributed by atoms with Crippen molar-refractivity contribution in [2.24, 2.45) is 0 Å². The summed E-state index contributed by atoms with van der Waals surface area (Å²) in [5, 5.41) is 3.97. The van der Waals surface area contributed by atoms with E-state index in [1.54, 1.807) is 0 Å². The Labute approximate surface area is 101 Å². The highest BCUT2D eigenvalue weighted by atomic mass is 35.5. The summed E-state index contributed by atoms with van der Waals surface area (Å²) >= 11 is 5.81. The van der Waals surface area contributed by atoms with E-state index in [1.807, 2.05) is 6.07 Å². The van der Waals surface area contributed by atoms with Crippen LogP contribution in [0.2, 0.25) is 5.02 Å². The molecule has 1 aliphatic carbocycles. The van der Waals surface area contributed by atoms with Gasteiger partial charge in [0, 0.05) is 17.1 Å². The zero-order chi connectivity index (χ0) is 11.6. The monoisotopic (exact) mass is 241 g/mol. The van der Waals surface area contributed by atoms with Crippen molar-refractivity contribution in [1.82, 2.24) is 5.32 Å². The normalized spacial score (nSPS) is 18.9. The standard InChI is InChI=1S/C13H17ClFN/c1-13(4-2-3-5-13)16-9-10-6-11(14)8-12(15)7-10/h6-8,16H,2-5,9H2,1H3. The van der Waals surface area contributed by atoms with E-state index in [2.05, 4.69) is 12.2 Å². The van der Waals surface area contributed by atoms with Gasteiger partial charge in [0.2, 0.25) is 0 Å². The largest absolute Gasteiger partial charge is 0.307 e. The first kappa shape index (κ1) is 11.9. The highest BCUT2D eigenvalue weighted by molar-refractivity contribution is 6.30. The van der Waals surface area contributed by atoms with Gasteiger partial charge in [-0.1, -0.05) is 24.4 Å².